The van der Waals surface area contributed by atoms with Crippen molar-refractivity contribution in [1.29, 1.82) is 0 Å². The molecule has 0 unspecified atom stereocenters. The van der Waals surface area contributed by atoms with Crippen LogP contribution >= 0.6 is 0 Å². The summed E-state index contributed by atoms with van der Waals surface area (Å²) < 4.78 is 28.6. The molecule has 6 rings (SSSR count). The van der Waals surface area contributed by atoms with E-state index in [1.54, 1.807) is 24.9 Å². The van der Waals surface area contributed by atoms with Crippen LogP contribution in [0.15, 0.2) is 36.8 Å². The summed E-state index contributed by atoms with van der Waals surface area (Å²) in [7, 11) is 3.47. The Balaban J connectivity index is 1.40. The third-order valence-corrected chi connectivity index (χ3v) is 7.02. The molecule has 1 aliphatic carbocycles. The second kappa shape index (κ2) is 8.58. The van der Waals surface area contributed by atoms with Gasteiger partial charge < -0.3 is 24.7 Å². The molecule has 2 N–H and O–H groups in total. The van der Waals surface area contributed by atoms with E-state index in [1.807, 2.05) is 24.4 Å². The Kier molecular flexibility index (Phi) is 5.37. The Labute approximate surface area is 200 Å². The summed E-state index contributed by atoms with van der Waals surface area (Å²) in [6, 6.07) is 5.40. The predicted octanol–water partition coefficient (Wildman–Crippen LogP) is 2.56. The summed E-state index contributed by atoms with van der Waals surface area (Å²) in [5.41, 5.74) is 3.09. The predicted molar refractivity (Wildman–Crippen MR) is 126 cm³/mol. The molecule has 4 aliphatic rings. The smallest absolute Gasteiger partial charge is 0.257 e. The van der Waals surface area contributed by atoms with Crippen molar-refractivity contribution in [2.24, 2.45) is 0 Å². The van der Waals surface area contributed by atoms with Crippen molar-refractivity contribution < 1.29 is 18.7 Å². The average Bonchev–Trinajstić information content (AvgIpc) is 3.63. The number of anilines is 1. The van der Waals surface area contributed by atoms with Crippen molar-refractivity contribution >= 4 is 17.4 Å². The van der Waals surface area contributed by atoms with Crippen LogP contribution in [0.1, 0.15) is 29.2 Å². The maximum Gasteiger partial charge on any atom is 0.257 e. The zero-order valence-electron chi connectivity index (χ0n) is 19.4. The van der Waals surface area contributed by atoms with Crippen LogP contribution in [0.5, 0.6) is 0 Å². The second-order valence-electron chi connectivity index (χ2n) is 8.95. The Hall–Kier alpha value is -3.57. The van der Waals surface area contributed by atoms with Gasteiger partial charge in [0.2, 0.25) is 0 Å². The number of methoxy groups -OCH3 is 1. The van der Waals surface area contributed by atoms with Crippen LogP contribution in [0.2, 0.25) is 0 Å². The highest BCUT2D eigenvalue weighted by Crippen LogP contribution is 2.37. The number of amides is 1. The summed E-state index contributed by atoms with van der Waals surface area (Å²) in [6.07, 6.45) is 5.29. The molecular formula is C24H26FN7O3. The fourth-order valence-corrected chi connectivity index (χ4v) is 4.84. The zero-order valence-corrected chi connectivity index (χ0v) is 19.4. The molecule has 2 aromatic rings. The molecule has 1 saturated heterocycles. The van der Waals surface area contributed by atoms with Crippen LogP contribution in [0.25, 0.3) is 28.3 Å². The fraction of sp³-hybridized carbons (Fsp3) is 0.417. The number of ether oxygens (including phenoxy) is 2. The lowest BCUT2D eigenvalue weighted by Gasteiger charge is -2.30. The number of hydrogen-bond acceptors (Lipinski definition) is 7. The van der Waals surface area contributed by atoms with E-state index in [-0.39, 0.29) is 18.1 Å². The molecule has 3 aliphatic heterocycles. The van der Waals surface area contributed by atoms with Gasteiger partial charge >= 0.3 is 0 Å². The molecule has 5 heterocycles. The summed E-state index contributed by atoms with van der Waals surface area (Å²) in [5, 5.41) is 10.2. The summed E-state index contributed by atoms with van der Waals surface area (Å²) in [4.78, 5) is 22.4. The number of carbonyl (C=O) groups excluding carboxylic acids is 1. The number of carbonyl (C=O) groups is 1. The summed E-state index contributed by atoms with van der Waals surface area (Å²) in [6.45, 7) is 1.09. The van der Waals surface area contributed by atoms with Crippen LogP contribution in [0.3, 0.4) is 0 Å². The number of nitrogens with one attached hydrogen (secondary N) is 2. The standard InChI is InChI=1S/C24H26FN7O3/c1-26-21-8-18(29-23-15(10-28-32(21)23)24(33)30-17-6-5-16(17)25)14-9-27-22-13(14)4-3-7-31(22)19-11-35-12-20(19)34-2/h3-4,7-10,16-17,19-20,26H,5-6,11-12H2,1-2H3,(H,30,33)/t16-,17+,19-,20-/m1/s1. The largest absolute Gasteiger partial charge is 0.377 e. The monoisotopic (exact) mass is 479 g/mol. The number of nitrogens with zero attached hydrogens (tertiary/aromatic N) is 5. The van der Waals surface area contributed by atoms with Crippen molar-refractivity contribution in [3.63, 3.8) is 0 Å². The van der Waals surface area contributed by atoms with Crippen LogP contribution in [0, 0.1) is 0 Å². The number of halogens is 1. The number of pyridine rings is 1. The normalized spacial score (nSPS) is 24.1. The van der Waals surface area contributed by atoms with Gasteiger partial charge in [0.15, 0.2) is 5.65 Å². The van der Waals surface area contributed by atoms with Gasteiger partial charge in [0.25, 0.3) is 5.91 Å². The topological polar surface area (TPSA) is 108 Å². The molecule has 1 saturated carbocycles. The average molecular weight is 480 g/mol. The number of fused-ring (bicyclic) bond motifs is 2. The van der Waals surface area contributed by atoms with Crippen LogP contribution < -0.4 is 10.6 Å². The molecule has 10 nitrogen and oxygen atoms in total. The van der Waals surface area contributed by atoms with Gasteiger partial charge in [-0.1, -0.05) is 0 Å². The summed E-state index contributed by atoms with van der Waals surface area (Å²) in [5.74, 6) is 1.09. The SMILES string of the molecule is CNc1cc(-c2cnc3n([C@@H]4COC[C@H]4OC)cccc2-3)nc2c(C(=O)N[C@H]3CC[C@H]3F)cnn12. The minimum absolute atomic E-state index is 0.0192. The van der Waals surface area contributed by atoms with Gasteiger partial charge in [-0.15, -0.1) is 0 Å². The highest BCUT2D eigenvalue weighted by Gasteiger charge is 2.34. The van der Waals surface area contributed by atoms with Gasteiger partial charge in [0.1, 0.15) is 29.5 Å². The Morgan fingerprint density at radius 3 is 2.89 bits per heavy atom. The van der Waals surface area contributed by atoms with Crippen molar-refractivity contribution in [2.75, 3.05) is 32.7 Å². The lowest BCUT2D eigenvalue weighted by molar-refractivity contribution is 0.0686. The summed E-state index contributed by atoms with van der Waals surface area (Å²) >= 11 is 0. The minimum Gasteiger partial charge on any atom is -0.377 e. The molecule has 0 spiro atoms. The zero-order chi connectivity index (χ0) is 24.1. The number of rotatable bonds is 6. The first kappa shape index (κ1) is 21.9. The van der Waals surface area contributed by atoms with E-state index in [9.17, 15) is 9.18 Å². The van der Waals surface area contributed by atoms with Gasteiger partial charge in [-0.2, -0.15) is 9.61 Å². The minimum atomic E-state index is -1.01. The van der Waals surface area contributed by atoms with Gasteiger partial charge in [0.05, 0.1) is 37.2 Å². The number of aromatic nitrogens is 5. The quantitative estimate of drug-likeness (QED) is 0.438. The maximum absolute atomic E-state index is 13.7. The van der Waals surface area contributed by atoms with E-state index in [0.717, 1.165) is 17.0 Å². The van der Waals surface area contributed by atoms with Crippen molar-refractivity contribution in [3.05, 3.63) is 42.4 Å². The van der Waals surface area contributed by atoms with Gasteiger partial charge in [-0.05, 0) is 25.0 Å². The maximum atomic E-state index is 13.7. The first-order valence-electron chi connectivity index (χ1n) is 11.7. The van der Waals surface area contributed by atoms with E-state index in [1.165, 1.54) is 6.20 Å². The van der Waals surface area contributed by atoms with E-state index in [4.69, 9.17) is 19.4 Å². The van der Waals surface area contributed by atoms with Crippen molar-refractivity contribution in [2.45, 2.75) is 37.2 Å². The van der Waals surface area contributed by atoms with Crippen molar-refractivity contribution in [1.82, 2.24) is 29.5 Å². The molecular weight excluding hydrogens is 453 g/mol. The van der Waals surface area contributed by atoms with Crippen LogP contribution in [-0.4, -0.2) is 75.7 Å². The first-order valence-corrected chi connectivity index (χ1v) is 11.7. The van der Waals surface area contributed by atoms with E-state index < -0.39 is 12.2 Å². The molecule has 0 radical (unpaired) electrons. The highest BCUT2D eigenvalue weighted by molar-refractivity contribution is 6.00. The Bertz CT molecular complexity index is 1370. The molecule has 0 aromatic carbocycles. The van der Waals surface area contributed by atoms with E-state index in [2.05, 4.69) is 20.3 Å². The molecule has 4 atom stereocenters. The van der Waals surface area contributed by atoms with Crippen LogP contribution in [-0.2, 0) is 9.47 Å². The van der Waals surface area contributed by atoms with Crippen LogP contribution in [0.4, 0.5) is 10.2 Å². The highest BCUT2D eigenvalue weighted by atomic mass is 19.1. The van der Waals surface area contributed by atoms with Gasteiger partial charge in [0, 0.05) is 43.7 Å². The Morgan fingerprint density at radius 1 is 1.26 bits per heavy atom. The fourth-order valence-electron chi connectivity index (χ4n) is 4.84. The molecule has 182 valence electrons. The first-order chi connectivity index (χ1) is 17.1. The van der Waals surface area contributed by atoms with E-state index >= 15 is 0 Å². The lowest BCUT2D eigenvalue weighted by atomic mass is 9.90. The van der Waals surface area contributed by atoms with Gasteiger partial charge in [-0.25, -0.2) is 14.4 Å². The van der Waals surface area contributed by atoms with E-state index in [0.29, 0.717) is 48.8 Å². The second-order valence-corrected chi connectivity index (χ2v) is 8.95. The van der Waals surface area contributed by atoms with Gasteiger partial charge in [-0.3, -0.25) is 4.79 Å². The molecule has 0 bridgehead atoms. The third kappa shape index (κ3) is 3.53. The molecule has 1 amide bonds. The molecule has 35 heavy (non-hydrogen) atoms. The molecule has 2 aromatic heterocycles. The van der Waals surface area contributed by atoms with Crippen molar-refractivity contribution in [3.8, 4) is 22.6 Å². The number of alkyl halides is 1. The molecule has 2 fully saturated rings. The number of hydrogen-bond donors (Lipinski definition) is 2. The lowest BCUT2D eigenvalue weighted by Crippen LogP contribution is -2.48. The third-order valence-electron chi connectivity index (χ3n) is 7.02. The Morgan fingerprint density at radius 2 is 2.14 bits per heavy atom. The molecule has 11 heteroatoms.